The fourth-order valence-electron chi connectivity index (χ4n) is 2.95. The van der Waals surface area contributed by atoms with Gasteiger partial charge in [-0.25, -0.2) is 8.42 Å². The smallest absolute Gasteiger partial charge is 0.166 e. The van der Waals surface area contributed by atoms with Crippen molar-refractivity contribution in [2.24, 2.45) is 0 Å². The Morgan fingerprint density at radius 1 is 1.08 bits per heavy atom. The first-order valence-corrected chi connectivity index (χ1v) is 9.49. The summed E-state index contributed by atoms with van der Waals surface area (Å²) in [7, 11) is -4.25. The van der Waals surface area contributed by atoms with Gasteiger partial charge in [0.25, 0.3) is 0 Å². The molecule has 1 saturated heterocycles. The Labute approximate surface area is 148 Å². The molecule has 0 spiro atoms. The average molecular weight is 359 g/mol. The lowest BCUT2D eigenvalue weighted by atomic mass is 10.3. The van der Waals surface area contributed by atoms with Gasteiger partial charge in [0.05, 0.1) is 23.7 Å². The van der Waals surface area contributed by atoms with Crippen molar-refractivity contribution in [3.63, 3.8) is 0 Å². The molecule has 0 N–H and O–H groups in total. The van der Waals surface area contributed by atoms with E-state index in [0.29, 0.717) is 6.54 Å². The summed E-state index contributed by atoms with van der Waals surface area (Å²) >= 11 is 0. The maximum atomic E-state index is 10.3. The molecular formula is C18H21N3O3S. The summed E-state index contributed by atoms with van der Waals surface area (Å²) in [5.41, 5.74) is 1.11. The lowest BCUT2D eigenvalue weighted by molar-refractivity contribution is -0.923. The first-order chi connectivity index (χ1) is 12.0. The summed E-state index contributed by atoms with van der Waals surface area (Å²) in [6.07, 6.45) is 4.32. The molecule has 1 aliphatic rings. The van der Waals surface area contributed by atoms with Crippen LogP contribution in [0.25, 0.3) is 0 Å². The van der Waals surface area contributed by atoms with Gasteiger partial charge in [0.2, 0.25) is 0 Å². The van der Waals surface area contributed by atoms with E-state index in [0.717, 1.165) is 29.8 Å². The molecule has 0 amide bonds. The maximum Gasteiger partial charge on any atom is 0.166 e. The molecule has 0 atom stereocenters. The van der Waals surface area contributed by atoms with Gasteiger partial charge in [-0.15, -0.1) is 0 Å². The van der Waals surface area contributed by atoms with Crippen molar-refractivity contribution in [2.75, 3.05) is 19.6 Å². The average Bonchev–Trinajstić information content (AvgIpc) is 3.05. The van der Waals surface area contributed by atoms with Gasteiger partial charge in [-0.3, -0.25) is 4.98 Å². The summed E-state index contributed by atoms with van der Waals surface area (Å²) < 4.78 is 31.7. The van der Waals surface area contributed by atoms with Gasteiger partial charge >= 0.3 is 0 Å². The molecular weight excluding hydrogens is 338 g/mol. The van der Waals surface area contributed by atoms with Crippen LogP contribution in [0.4, 0.5) is 0 Å². The number of likely N-dealkylation sites (tertiary alicyclic amines) is 1. The molecule has 2 aromatic rings. The van der Waals surface area contributed by atoms with E-state index in [1.54, 1.807) is 6.07 Å². The number of benzene rings is 1. The minimum absolute atomic E-state index is 0.185. The number of quaternary nitrogens is 1. The number of hydrogen-bond acceptors (Lipinski definition) is 5. The van der Waals surface area contributed by atoms with Crippen LogP contribution < -0.4 is 0 Å². The summed E-state index contributed by atoms with van der Waals surface area (Å²) in [6, 6.07) is 15.5. The second kappa shape index (κ2) is 8.72. The van der Waals surface area contributed by atoms with Crippen molar-refractivity contribution < 1.29 is 17.5 Å². The number of nitrogens with zero attached hydrogens (tertiary/aromatic N) is 3. The van der Waals surface area contributed by atoms with Crippen LogP contribution in [0.2, 0.25) is 0 Å². The van der Waals surface area contributed by atoms with Crippen LogP contribution in [-0.4, -0.2) is 42.1 Å². The topological polar surface area (TPSA) is 93.9 Å². The summed E-state index contributed by atoms with van der Waals surface area (Å²) in [4.78, 5) is 4.16. The first-order valence-electron chi connectivity index (χ1n) is 8.08. The normalized spacial score (nSPS) is 15.7. The number of nitriles is 1. The second-order valence-corrected chi connectivity index (χ2v) is 7.44. The van der Waals surface area contributed by atoms with Crippen molar-refractivity contribution >= 4 is 10.1 Å². The quantitative estimate of drug-likeness (QED) is 0.474. The van der Waals surface area contributed by atoms with Crippen LogP contribution in [0.5, 0.6) is 0 Å². The van der Waals surface area contributed by atoms with E-state index >= 15 is 0 Å². The molecule has 1 fully saturated rings. The van der Waals surface area contributed by atoms with Crippen LogP contribution in [0.1, 0.15) is 18.5 Å². The SMILES string of the molecule is N#CC[N+]1(Cc2ccccn2)CCCC1.O=S(=O)([O-])c1ccccc1. The Hall–Kier alpha value is -2.27. The Morgan fingerprint density at radius 3 is 2.20 bits per heavy atom. The lowest BCUT2D eigenvalue weighted by Crippen LogP contribution is -2.44. The van der Waals surface area contributed by atoms with Gasteiger partial charge in [0, 0.05) is 19.0 Å². The molecule has 0 bridgehead atoms. The molecule has 1 aliphatic heterocycles. The van der Waals surface area contributed by atoms with E-state index in [4.69, 9.17) is 5.26 Å². The third-order valence-electron chi connectivity index (χ3n) is 4.18. The highest BCUT2D eigenvalue weighted by Crippen LogP contribution is 2.21. The lowest BCUT2D eigenvalue weighted by Gasteiger charge is -2.31. The minimum atomic E-state index is -4.25. The van der Waals surface area contributed by atoms with Crippen molar-refractivity contribution in [1.29, 1.82) is 5.26 Å². The van der Waals surface area contributed by atoms with Crippen molar-refractivity contribution in [2.45, 2.75) is 24.3 Å². The highest BCUT2D eigenvalue weighted by Gasteiger charge is 2.32. The van der Waals surface area contributed by atoms with E-state index in [1.165, 1.54) is 37.1 Å². The van der Waals surface area contributed by atoms with Gasteiger partial charge < -0.3 is 9.04 Å². The molecule has 1 aromatic heterocycles. The van der Waals surface area contributed by atoms with Gasteiger partial charge in [0.1, 0.15) is 22.7 Å². The summed E-state index contributed by atoms with van der Waals surface area (Å²) in [6.45, 7) is 3.79. The first kappa shape index (κ1) is 19.1. The highest BCUT2D eigenvalue weighted by atomic mass is 32.2. The van der Waals surface area contributed by atoms with Gasteiger partial charge in [-0.05, 0) is 24.3 Å². The Balaban J connectivity index is 0.000000196. The monoisotopic (exact) mass is 359 g/mol. The largest absolute Gasteiger partial charge is 0.744 e. The fourth-order valence-corrected chi connectivity index (χ4v) is 3.44. The number of rotatable bonds is 4. The van der Waals surface area contributed by atoms with Crippen molar-refractivity contribution in [1.82, 2.24) is 4.98 Å². The summed E-state index contributed by atoms with van der Waals surface area (Å²) in [5, 5.41) is 8.88. The van der Waals surface area contributed by atoms with Crippen LogP contribution in [0.15, 0.2) is 59.6 Å². The van der Waals surface area contributed by atoms with Crippen LogP contribution >= 0.6 is 0 Å². The molecule has 7 heteroatoms. The van der Waals surface area contributed by atoms with Crippen LogP contribution in [0, 0.1) is 11.3 Å². The van der Waals surface area contributed by atoms with E-state index in [1.807, 2.05) is 18.3 Å². The number of hydrogen-bond donors (Lipinski definition) is 0. The Morgan fingerprint density at radius 2 is 1.72 bits per heavy atom. The molecule has 0 unspecified atom stereocenters. The summed E-state index contributed by atoms with van der Waals surface area (Å²) in [5.74, 6) is 0. The van der Waals surface area contributed by atoms with Gasteiger partial charge in [-0.2, -0.15) is 5.26 Å². The number of pyridine rings is 1. The third kappa shape index (κ3) is 5.94. The molecule has 2 heterocycles. The second-order valence-electron chi connectivity index (χ2n) is 6.06. The van der Waals surface area contributed by atoms with E-state index < -0.39 is 10.1 Å². The van der Waals surface area contributed by atoms with Crippen molar-refractivity contribution in [3.05, 3.63) is 60.4 Å². The van der Waals surface area contributed by atoms with Crippen molar-refractivity contribution in [3.8, 4) is 6.07 Å². The predicted molar refractivity (Wildman–Crippen MR) is 92.1 cm³/mol. The Kier molecular flexibility index (Phi) is 6.65. The molecule has 0 radical (unpaired) electrons. The van der Waals surface area contributed by atoms with Gasteiger partial charge in [0.15, 0.2) is 6.54 Å². The Bertz CT molecular complexity index is 796. The third-order valence-corrected chi connectivity index (χ3v) is 5.03. The zero-order valence-corrected chi connectivity index (χ0v) is 14.7. The maximum absolute atomic E-state index is 10.3. The molecule has 6 nitrogen and oxygen atoms in total. The van der Waals surface area contributed by atoms with Crippen LogP contribution in [-0.2, 0) is 16.7 Å². The fraction of sp³-hybridized carbons (Fsp3) is 0.333. The molecule has 1 aromatic carbocycles. The zero-order chi connectivity index (χ0) is 18.2. The molecule has 0 aliphatic carbocycles. The highest BCUT2D eigenvalue weighted by molar-refractivity contribution is 7.85. The van der Waals surface area contributed by atoms with E-state index in [-0.39, 0.29) is 4.90 Å². The van der Waals surface area contributed by atoms with E-state index in [9.17, 15) is 13.0 Å². The number of aromatic nitrogens is 1. The minimum Gasteiger partial charge on any atom is -0.744 e. The van der Waals surface area contributed by atoms with E-state index in [2.05, 4.69) is 17.1 Å². The van der Waals surface area contributed by atoms with Gasteiger partial charge in [-0.1, -0.05) is 24.3 Å². The zero-order valence-electron chi connectivity index (χ0n) is 13.9. The van der Waals surface area contributed by atoms with Crippen LogP contribution in [0.3, 0.4) is 0 Å². The molecule has 0 saturated carbocycles. The predicted octanol–water partition coefficient (Wildman–Crippen LogP) is 2.31. The standard InChI is InChI=1S/C12H16N3.C6H6O3S/c13-6-10-15(8-3-4-9-15)11-12-5-1-2-7-14-12;7-10(8,9)6-4-2-1-3-5-6/h1-2,5,7H,3-4,8-11H2;1-5H,(H,7,8,9)/q+1;/p-1. The molecule has 132 valence electrons. The molecule has 3 rings (SSSR count). The molecule has 25 heavy (non-hydrogen) atoms.